The van der Waals surface area contributed by atoms with Gasteiger partial charge in [-0.3, -0.25) is 5.10 Å². The Morgan fingerprint density at radius 2 is 1.97 bits per heavy atom. The van der Waals surface area contributed by atoms with Crippen molar-refractivity contribution in [3.05, 3.63) is 66.4 Å². The summed E-state index contributed by atoms with van der Waals surface area (Å²) >= 11 is 0. The topological polar surface area (TPSA) is 73.5 Å². The fourth-order valence-corrected chi connectivity index (χ4v) is 4.38. The van der Waals surface area contributed by atoms with Gasteiger partial charge in [-0.25, -0.2) is 9.97 Å². The van der Waals surface area contributed by atoms with Crippen molar-refractivity contribution in [3.63, 3.8) is 0 Å². The summed E-state index contributed by atoms with van der Waals surface area (Å²) in [6.45, 7) is 10.0. The molecule has 0 bridgehead atoms. The van der Waals surface area contributed by atoms with Gasteiger partial charge in [0.2, 0.25) is 0 Å². The van der Waals surface area contributed by atoms with Gasteiger partial charge in [-0.2, -0.15) is 5.10 Å². The van der Waals surface area contributed by atoms with Crippen LogP contribution in [0, 0.1) is 0 Å². The molecule has 0 radical (unpaired) electrons. The molecule has 162 valence electrons. The van der Waals surface area contributed by atoms with E-state index in [1.807, 2.05) is 18.3 Å². The second-order valence-corrected chi connectivity index (χ2v) is 8.33. The van der Waals surface area contributed by atoms with Crippen LogP contribution in [0.1, 0.15) is 38.7 Å². The highest BCUT2D eigenvalue weighted by Crippen LogP contribution is 2.32. The number of nitrogens with zero attached hydrogens (tertiary/aromatic N) is 4. The Kier molecular flexibility index (Phi) is 5.35. The Labute approximate surface area is 187 Å². The summed E-state index contributed by atoms with van der Waals surface area (Å²) in [7, 11) is 0. The van der Waals surface area contributed by atoms with Crippen LogP contribution in [0.3, 0.4) is 0 Å². The lowest BCUT2D eigenvalue weighted by Gasteiger charge is -2.27. The maximum absolute atomic E-state index is 4.95. The van der Waals surface area contributed by atoms with Crippen LogP contribution < -0.4 is 4.90 Å². The number of aromatic nitrogens is 5. The molecule has 0 aliphatic carbocycles. The Bertz CT molecular complexity index is 1350. The van der Waals surface area contributed by atoms with E-state index in [2.05, 4.69) is 75.8 Å². The molecule has 1 aliphatic rings. The zero-order valence-corrected chi connectivity index (χ0v) is 18.7. The summed E-state index contributed by atoms with van der Waals surface area (Å²) in [5, 5.41) is 8.80. The standard InChI is InChI=1S/C26H28N6/c1-4-17(3)15-18(5-2)19-9-10-21-20(16-19)23(31-30-21)25-28-22-11-12-27-26(24(22)29-25)32-13-7-6-8-14-32/h4-5,9-12,15-16H,1,6-8,13-14H2,2-3H3,(H,28,29)(H,30,31)/b17-15-,18-5+. The first-order valence-corrected chi connectivity index (χ1v) is 11.2. The van der Waals surface area contributed by atoms with Crippen LogP contribution in [0.4, 0.5) is 5.82 Å². The number of nitrogens with one attached hydrogen (secondary N) is 2. The van der Waals surface area contributed by atoms with Gasteiger partial charge >= 0.3 is 0 Å². The van der Waals surface area contributed by atoms with Crippen molar-refractivity contribution in [2.24, 2.45) is 0 Å². The molecule has 1 fully saturated rings. The number of hydrogen-bond donors (Lipinski definition) is 2. The molecular weight excluding hydrogens is 396 g/mol. The van der Waals surface area contributed by atoms with Gasteiger partial charge in [0.1, 0.15) is 11.2 Å². The minimum absolute atomic E-state index is 0.759. The first-order valence-electron chi connectivity index (χ1n) is 11.2. The highest BCUT2D eigenvalue weighted by atomic mass is 15.2. The van der Waals surface area contributed by atoms with E-state index in [1.54, 1.807) is 0 Å². The quantitative estimate of drug-likeness (QED) is 0.384. The van der Waals surface area contributed by atoms with Crippen LogP contribution in [0.15, 0.2) is 60.8 Å². The molecule has 0 spiro atoms. The van der Waals surface area contributed by atoms with Crippen LogP contribution in [-0.4, -0.2) is 38.2 Å². The van der Waals surface area contributed by atoms with Gasteiger partial charge in [-0.15, -0.1) is 0 Å². The molecule has 6 heteroatoms. The third kappa shape index (κ3) is 3.62. The number of rotatable bonds is 5. The number of H-pyrrole nitrogens is 2. The summed E-state index contributed by atoms with van der Waals surface area (Å²) in [6, 6.07) is 8.35. The normalized spacial score (nSPS) is 15.6. The molecule has 5 rings (SSSR count). The third-order valence-electron chi connectivity index (χ3n) is 6.17. The monoisotopic (exact) mass is 424 g/mol. The Hall–Kier alpha value is -3.67. The van der Waals surface area contributed by atoms with E-state index >= 15 is 0 Å². The summed E-state index contributed by atoms with van der Waals surface area (Å²) in [6.07, 6.45) is 11.7. The predicted octanol–water partition coefficient (Wildman–Crippen LogP) is 6.03. The van der Waals surface area contributed by atoms with Crippen molar-refractivity contribution in [2.45, 2.75) is 33.1 Å². The van der Waals surface area contributed by atoms with Crippen molar-refractivity contribution in [1.29, 1.82) is 0 Å². The van der Waals surface area contributed by atoms with Gasteiger partial charge in [0.25, 0.3) is 0 Å². The van der Waals surface area contributed by atoms with E-state index in [4.69, 9.17) is 4.98 Å². The van der Waals surface area contributed by atoms with E-state index in [0.29, 0.717) is 0 Å². The highest BCUT2D eigenvalue weighted by molar-refractivity contribution is 5.97. The largest absolute Gasteiger partial charge is 0.355 e. The molecule has 4 aromatic rings. The van der Waals surface area contributed by atoms with Crippen molar-refractivity contribution in [1.82, 2.24) is 25.1 Å². The molecule has 1 aliphatic heterocycles. The molecule has 32 heavy (non-hydrogen) atoms. The summed E-state index contributed by atoms with van der Waals surface area (Å²) in [4.78, 5) is 15.4. The van der Waals surface area contributed by atoms with E-state index in [0.717, 1.165) is 69.1 Å². The molecule has 1 saturated heterocycles. The molecule has 0 saturated carbocycles. The number of allylic oxidation sites excluding steroid dienone is 5. The third-order valence-corrected chi connectivity index (χ3v) is 6.17. The number of pyridine rings is 1. The van der Waals surface area contributed by atoms with Crippen molar-refractivity contribution in [3.8, 4) is 11.5 Å². The van der Waals surface area contributed by atoms with E-state index < -0.39 is 0 Å². The van der Waals surface area contributed by atoms with Gasteiger partial charge in [0.05, 0.1) is 11.0 Å². The lowest BCUT2D eigenvalue weighted by Crippen LogP contribution is -2.30. The molecule has 1 aromatic carbocycles. The smallest absolute Gasteiger partial charge is 0.159 e. The Morgan fingerprint density at radius 3 is 2.75 bits per heavy atom. The second-order valence-electron chi connectivity index (χ2n) is 8.33. The minimum Gasteiger partial charge on any atom is -0.355 e. The first-order chi connectivity index (χ1) is 15.7. The van der Waals surface area contributed by atoms with Gasteiger partial charge in [0, 0.05) is 24.7 Å². The predicted molar refractivity (Wildman–Crippen MR) is 133 cm³/mol. The number of benzene rings is 1. The molecule has 0 atom stereocenters. The summed E-state index contributed by atoms with van der Waals surface area (Å²) in [5.41, 5.74) is 7.12. The van der Waals surface area contributed by atoms with Crippen molar-refractivity contribution < 1.29 is 0 Å². The van der Waals surface area contributed by atoms with E-state index in [1.165, 1.54) is 19.3 Å². The molecule has 2 N–H and O–H groups in total. The van der Waals surface area contributed by atoms with E-state index in [-0.39, 0.29) is 0 Å². The Balaban J connectivity index is 1.59. The lowest BCUT2D eigenvalue weighted by atomic mass is 10.0. The Morgan fingerprint density at radius 1 is 1.12 bits per heavy atom. The highest BCUT2D eigenvalue weighted by Gasteiger charge is 2.19. The van der Waals surface area contributed by atoms with Gasteiger partial charge in [-0.05, 0) is 62.4 Å². The average molecular weight is 425 g/mol. The van der Waals surface area contributed by atoms with E-state index in [9.17, 15) is 0 Å². The molecular formula is C26H28N6. The van der Waals surface area contributed by atoms with Gasteiger partial charge in [0.15, 0.2) is 11.6 Å². The maximum atomic E-state index is 4.95. The molecule has 0 unspecified atom stereocenters. The number of fused-ring (bicyclic) bond motifs is 2. The first kappa shape index (κ1) is 20.2. The number of hydrogen-bond acceptors (Lipinski definition) is 4. The lowest BCUT2D eigenvalue weighted by molar-refractivity contribution is 0.574. The number of anilines is 1. The SMILES string of the molecule is C=C/C(C)=C\C(=C/C)c1ccc2[nH]nc(-c3nc4c(N5CCCCC5)nccc4[nH]3)c2c1. The minimum atomic E-state index is 0.759. The average Bonchev–Trinajstić information content (AvgIpc) is 3.46. The fraction of sp³-hybridized carbons (Fsp3) is 0.269. The van der Waals surface area contributed by atoms with Crippen LogP contribution in [0.2, 0.25) is 0 Å². The van der Waals surface area contributed by atoms with Crippen LogP contribution in [0.5, 0.6) is 0 Å². The molecule has 6 nitrogen and oxygen atoms in total. The fourth-order valence-electron chi connectivity index (χ4n) is 4.38. The second kappa shape index (κ2) is 8.46. The van der Waals surface area contributed by atoms with Crippen LogP contribution in [0.25, 0.3) is 39.0 Å². The number of imidazole rings is 1. The van der Waals surface area contributed by atoms with Crippen molar-refractivity contribution in [2.75, 3.05) is 18.0 Å². The van der Waals surface area contributed by atoms with Gasteiger partial charge < -0.3 is 9.88 Å². The molecule has 0 amide bonds. The molecule has 4 heterocycles. The maximum Gasteiger partial charge on any atom is 0.159 e. The number of aromatic amines is 2. The van der Waals surface area contributed by atoms with Gasteiger partial charge in [-0.1, -0.05) is 36.4 Å². The zero-order chi connectivity index (χ0) is 22.1. The van der Waals surface area contributed by atoms with Crippen LogP contribution >= 0.6 is 0 Å². The molecule has 3 aromatic heterocycles. The summed E-state index contributed by atoms with van der Waals surface area (Å²) in [5.74, 6) is 1.72. The van der Waals surface area contributed by atoms with Crippen LogP contribution in [-0.2, 0) is 0 Å². The van der Waals surface area contributed by atoms with Crippen molar-refractivity contribution >= 4 is 33.3 Å². The number of piperidine rings is 1. The zero-order valence-electron chi connectivity index (χ0n) is 18.7. The summed E-state index contributed by atoms with van der Waals surface area (Å²) < 4.78 is 0.